The van der Waals surface area contributed by atoms with Crippen LogP contribution >= 0.6 is 0 Å². The van der Waals surface area contributed by atoms with Crippen molar-refractivity contribution in [2.75, 3.05) is 32.6 Å². The van der Waals surface area contributed by atoms with Crippen LogP contribution in [-0.4, -0.2) is 33.2 Å². The molecule has 0 fully saturated rings. The number of halogens is 3. The fourth-order valence-electron chi connectivity index (χ4n) is 2.76. The fourth-order valence-corrected chi connectivity index (χ4v) is 2.76. The Bertz CT molecular complexity index is 810. The van der Waals surface area contributed by atoms with Gasteiger partial charge in [0.15, 0.2) is 18.0 Å². The Labute approximate surface area is 162 Å². The predicted octanol–water partition coefficient (Wildman–Crippen LogP) is 2.77. The van der Waals surface area contributed by atoms with Crippen LogP contribution < -0.4 is 19.7 Å². The van der Waals surface area contributed by atoms with Crippen LogP contribution in [0.2, 0.25) is 0 Å². The van der Waals surface area contributed by atoms with E-state index in [0.717, 1.165) is 22.6 Å². The highest BCUT2D eigenvalue weighted by Crippen LogP contribution is 2.30. The Morgan fingerprint density at radius 2 is 1.89 bits per heavy atom. The number of quaternary nitrogens is 1. The number of amides is 1. The number of rotatable bonds is 8. The molecule has 2 N–H and O–H groups in total. The van der Waals surface area contributed by atoms with E-state index in [-0.39, 0.29) is 18.1 Å². The lowest BCUT2D eigenvalue weighted by molar-refractivity contribution is -0.885. The average Bonchev–Trinajstić information content (AvgIpc) is 2.62. The van der Waals surface area contributed by atoms with Crippen LogP contribution in [-0.2, 0) is 17.5 Å². The number of likely N-dealkylation sites (N-methyl/N-ethyl adjacent to an activating group) is 1. The van der Waals surface area contributed by atoms with E-state index in [4.69, 9.17) is 9.47 Å². The molecule has 0 aliphatic heterocycles. The normalized spacial score (nSPS) is 12.4. The smallest absolute Gasteiger partial charge is 0.416 e. The van der Waals surface area contributed by atoms with Gasteiger partial charge in [0.25, 0.3) is 5.91 Å². The molecule has 2 aromatic carbocycles. The standard InChI is InChI=1S/C20H23F3N2O3/c1-4-28-17-9-8-14(10-18(17)27-3)12-25(2)13-19(26)24-16-7-5-6-15(11-16)20(21,22)23/h5-11H,4,12-13H2,1-3H3,(H,24,26)/p+1. The Balaban J connectivity index is 1.96. The largest absolute Gasteiger partial charge is 0.493 e. The molecule has 5 nitrogen and oxygen atoms in total. The molecular formula is C20H24F3N2O3+. The van der Waals surface area contributed by atoms with Gasteiger partial charge in [0.1, 0.15) is 6.54 Å². The van der Waals surface area contributed by atoms with Gasteiger partial charge in [-0.05, 0) is 43.3 Å². The highest BCUT2D eigenvalue weighted by molar-refractivity contribution is 5.91. The van der Waals surface area contributed by atoms with Crippen LogP contribution in [0.5, 0.6) is 11.5 Å². The van der Waals surface area contributed by atoms with E-state index in [1.807, 2.05) is 32.2 Å². The Kier molecular flexibility index (Phi) is 7.28. The van der Waals surface area contributed by atoms with E-state index in [0.29, 0.717) is 24.7 Å². The molecule has 0 radical (unpaired) electrons. The summed E-state index contributed by atoms with van der Waals surface area (Å²) in [6.07, 6.45) is -4.45. The first kappa shape index (κ1) is 21.6. The van der Waals surface area contributed by atoms with Crippen molar-refractivity contribution >= 4 is 11.6 Å². The molecule has 2 aromatic rings. The quantitative estimate of drug-likeness (QED) is 0.720. The van der Waals surface area contributed by atoms with Crippen molar-refractivity contribution in [2.45, 2.75) is 19.6 Å². The molecule has 1 unspecified atom stereocenters. The maximum Gasteiger partial charge on any atom is 0.416 e. The first-order valence-electron chi connectivity index (χ1n) is 8.81. The van der Waals surface area contributed by atoms with Crippen LogP contribution in [0, 0.1) is 0 Å². The molecule has 0 saturated heterocycles. The SMILES string of the molecule is CCOc1ccc(C[NH+](C)CC(=O)Nc2cccc(C(F)(F)F)c2)cc1OC. The molecule has 0 saturated carbocycles. The summed E-state index contributed by atoms with van der Waals surface area (Å²) in [6, 6.07) is 10.1. The molecule has 0 heterocycles. The molecule has 152 valence electrons. The van der Waals surface area contributed by atoms with Gasteiger partial charge < -0.3 is 19.7 Å². The second-order valence-corrected chi connectivity index (χ2v) is 6.36. The van der Waals surface area contributed by atoms with E-state index in [2.05, 4.69) is 5.32 Å². The average molecular weight is 397 g/mol. The highest BCUT2D eigenvalue weighted by Gasteiger charge is 2.30. The van der Waals surface area contributed by atoms with Gasteiger partial charge in [-0.25, -0.2) is 0 Å². The number of hydrogen-bond donors (Lipinski definition) is 2. The Hall–Kier alpha value is -2.74. The van der Waals surface area contributed by atoms with Gasteiger partial charge in [0, 0.05) is 11.3 Å². The van der Waals surface area contributed by atoms with Crippen LogP contribution in [0.3, 0.4) is 0 Å². The minimum Gasteiger partial charge on any atom is -0.493 e. The second kappa shape index (κ2) is 9.45. The summed E-state index contributed by atoms with van der Waals surface area (Å²) in [5, 5.41) is 2.52. The van der Waals surface area contributed by atoms with E-state index in [1.54, 1.807) is 7.11 Å². The molecule has 1 amide bonds. The topological polar surface area (TPSA) is 52.0 Å². The predicted molar refractivity (Wildman–Crippen MR) is 99.7 cm³/mol. The Morgan fingerprint density at radius 3 is 2.54 bits per heavy atom. The summed E-state index contributed by atoms with van der Waals surface area (Å²) in [5.41, 5.74) is 0.271. The molecule has 0 aliphatic rings. The maximum absolute atomic E-state index is 12.8. The van der Waals surface area contributed by atoms with Crippen molar-refractivity contribution in [2.24, 2.45) is 0 Å². The number of ether oxygens (including phenoxy) is 2. The minimum absolute atomic E-state index is 0.103. The molecule has 8 heteroatoms. The number of carbonyl (C=O) groups excluding carboxylic acids is 1. The van der Waals surface area contributed by atoms with Gasteiger partial charge in [0.2, 0.25) is 0 Å². The van der Waals surface area contributed by atoms with Crippen LogP contribution in [0.4, 0.5) is 18.9 Å². The third-order valence-corrected chi connectivity index (χ3v) is 3.97. The fraction of sp³-hybridized carbons (Fsp3) is 0.350. The molecule has 0 aliphatic carbocycles. The van der Waals surface area contributed by atoms with Gasteiger partial charge in [-0.3, -0.25) is 4.79 Å². The lowest BCUT2D eigenvalue weighted by atomic mass is 10.2. The van der Waals surface area contributed by atoms with Crippen molar-refractivity contribution < 1.29 is 32.3 Å². The zero-order valence-corrected chi connectivity index (χ0v) is 16.0. The zero-order chi connectivity index (χ0) is 20.7. The van der Waals surface area contributed by atoms with Crippen LogP contribution in [0.25, 0.3) is 0 Å². The molecular weight excluding hydrogens is 373 g/mol. The third-order valence-electron chi connectivity index (χ3n) is 3.97. The molecule has 28 heavy (non-hydrogen) atoms. The van der Waals surface area contributed by atoms with Gasteiger partial charge in [0.05, 0.1) is 26.3 Å². The number of alkyl halides is 3. The second-order valence-electron chi connectivity index (χ2n) is 6.36. The van der Waals surface area contributed by atoms with Crippen molar-refractivity contribution in [3.63, 3.8) is 0 Å². The van der Waals surface area contributed by atoms with Gasteiger partial charge in [-0.1, -0.05) is 6.07 Å². The van der Waals surface area contributed by atoms with Crippen molar-refractivity contribution in [3.05, 3.63) is 53.6 Å². The van der Waals surface area contributed by atoms with Gasteiger partial charge >= 0.3 is 6.18 Å². The van der Waals surface area contributed by atoms with Crippen molar-refractivity contribution in [1.82, 2.24) is 0 Å². The van der Waals surface area contributed by atoms with E-state index in [9.17, 15) is 18.0 Å². The first-order chi connectivity index (χ1) is 13.2. The van der Waals surface area contributed by atoms with Crippen molar-refractivity contribution in [1.29, 1.82) is 0 Å². The summed E-state index contributed by atoms with van der Waals surface area (Å²) in [7, 11) is 3.38. The number of methoxy groups -OCH3 is 1. The van der Waals surface area contributed by atoms with Crippen molar-refractivity contribution in [3.8, 4) is 11.5 Å². The summed E-state index contributed by atoms with van der Waals surface area (Å²) in [4.78, 5) is 13.0. The number of benzene rings is 2. The molecule has 0 spiro atoms. The van der Waals surface area contributed by atoms with Gasteiger partial charge in [-0.2, -0.15) is 13.2 Å². The zero-order valence-electron chi connectivity index (χ0n) is 16.0. The first-order valence-corrected chi connectivity index (χ1v) is 8.81. The summed E-state index contributed by atoms with van der Waals surface area (Å²) >= 11 is 0. The summed E-state index contributed by atoms with van der Waals surface area (Å²) < 4.78 is 49.1. The molecule has 2 rings (SSSR count). The third kappa shape index (κ3) is 6.16. The molecule has 0 bridgehead atoms. The summed E-state index contributed by atoms with van der Waals surface area (Å²) in [6.45, 7) is 3.05. The van der Waals surface area contributed by atoms with E-state index in [1.165, 1.54) is 12.1 Å². The number of anilines is 1. The number of hydrogen-bond acceptors (Lipinski definition) is 3. The number of carbonyl (C=O) groups is 1. The van der Waals surface area contributed by atoms with E-state index >= 15 is 0 Å². The van der Waals surface area contributed by atoms with Crippen LogP contribution in [0.1, 0.15) is 18.1 Å². The van der Waals surface area contributed by atoms with Crippen LogP contribution in [0.15, 0.2) is 42.5 Å². The van der Waals surface area contributed by atoms with E-state index < -0.39 is 11.7 Å². The maximum atomic E-state index is 12.8. The Morgan fingerprint density at radius 1 is 1.14 bits per heavy atom. The molecule has 1 atom stereocenters. The monoisotopic (exact) mass is 397 g/mol. The minimum atomic E-state index is -4.45. The highest BCUT2D eigenvalue weighted by atomic mass is 19.4. The molecule has 0 aromatic heterocycles. The lowest BCUT2D eigenvalue weighted by Gasteiger charge is -2.16. The summed E-state index contributed by atoms with van der Waals surface area (Å²) in [5.74, 6) is 0.893. The number of nitrogens with one attached hydrogen (secondary N) is 2. The van der Waals surface area contributed by atoms with Gasteiger partial charge in [-0.15, -0.1) is 0 Å². The lowest BCUT2D eigenvalue weighted by Crippen LogP contribution is -3.08.